The Morgan fingerprint density at radius 1 is 1.28 bits per heavy atom. The molecule has 2 heterocycles. The molecule has 9 heteroatoms. The Morgan fingerprint density at radius 2 is 2.03 bits per heavy atom. The van der Waals surface area contributed by atoms with Crippen LogP contribution in [0.15, 0.2) is 18.6 Å². The molecule has 2 fully saturated rings. The molecule has 2 aromatic heterocycles. The highest BCUT2D eigenvalue weighted by Crippen LogP contribution is 2.40. The Bertz CT molecular complexity index is 879. The van der Waals surface area contributed by atoms with Crippen molar-refractivity contribution in [2.24, 2.45) is 17.6 Å². The SMILES string of the molecule is CN(CC1CC(n2ccc3c(N)ncnc32)C(O)C1O)C1CC(CCC(=N)N)C1. The Labute approximate surface area is 170 Å². The van der Waals surface area contributed by atoms with Crippen LogP contribution in [-0.4, -0.2) is 67.3 Å². The van der Waals surface area contributed by atoms with Crippen LogP contribution in [0, 0.1) is 17.2 Å². The van der Waals surface area contributed by atoms with E-state index in [-0.39, 0.29) is 17.8 Å². The van der Waals surface area contributed by atoms with Crippen LogP contribution in [0.4, 0.5) is 5.82 Å². The number of nitrogen functional groups attached to an aromatic ring is 1. The van der Waals surface area contributed by atoms with Crippen LogP contribution >= 0.6 is 0 Å². The lowest BCUT2D eigenvalue weighted by Crippen LogP contribution is -2.46. The first-order valence-electron chi connectivity index (χ1n) is 10.3. The number of nitrogens with one attached hydrogen (secondary N) is 1. The number of nitrogens with zero attached hydrogens (tertiary/aromatic N) is 4. The van der Waals surface area contributed by atoms with Crippen molar-refractivity contribution < 1.29 is 10.2 Å². The second-order valence-electron chi connectivity index (χ2n) is 8.76. The summed E-state index contributed by atoms with van der Waals surface area (Å²) in [5.74, 6) is 1.31. The fourth-order valence-electron chi connectivity index (χ4n) is 4.99. The summed E-state index contributed by atoms with van der Waals surface area (Å²) in [7, 11) is 2.09. The summed E-state index contributed by atoms with van der Waals surface area (Å²) >= 11 is 0. The highest BCUT2D eigenvalue weighted by molar-refractivity contribution is 5.86. The van der Waals surface area contributed by atoms with Gasteiger partial charge in [-0.05, 0) is 44.7 Å². The Hall–Kier alpha value is -2.23. The molecule has 0 amide bonds. The number of aliphatic hydroxyl groups excluding tert-OH is 2. The zero-order chi connectivity index (χ0) is 20.7. The largest absolute Gasteiger partial charge is 0.390 e. The van der Waals surface area contributed by atoms with Crippen molar-refractivity contribution in [3.63, 3.8) is 0 Å². The molecular formula is C20H31N7O2. The van der Waals surface area contributed by atoms with Gasteiger partial charge in [-0.3, -0.25) is 5.41 Å². The minimum Gasteiger partial charge on any atom is -0.390 e. The third kappa shape index (κ3) is 3.82. The van der Waals surface area contributed by atoms with Crippen LogP contribution in [0.5, 0.6) is 0 Å². The third-order valence-corrected chi connectivity index (χ3v) is 6.85. The predicted molar refractivity (Wildman–Crippen MR) is 111 cm³/mol. The lowest BCUT2D eigenvalue weighted by Gasteiger charge is -2.42. The first kappa shape index (κ1) is 20.1. The number of aromatic nitrogens is 3. The zero-order valence-corrected chi connectivity index (χ0v) is 16.8. The predicted octanol–water partition coefficient (Wildman–Crippen LogP) is 0.723. The number of aliphatic hydroxyl groups is 2. The maximum absolute atomic E-state index is 10.7. The van der Waals surface area contributed by atoms with Gasteiger partial charge in [-0.25, -0.2) is 9.97 Å². The molecule has 9 nitrogen and oxygen atoms in total. The van der Waals surface area contributed by atoms with Crippen molar-refractivity contribution >= 4 is 22.7 Å². The molecule has 0 bridgehead atoms. The Morgan fingerprint density at radius 3 is 2.76 bits per heavy atom. The fourth-order valence-corrected chi connectivity index (χ4v) is 4.99. The molecule has 4 unspecified atom stereocenters. The summed E-state index contributed by atoms with van der Waals surface area (Å²) in [6.45, 7) is 0.745. The average Bonchev–Trinajstić information content (AvgIpc) is 3.17. The molecule has 2 saturated carbocycles. The van der Waals surface area contributed by atoms with Crippen LogP contribution < -0.4 is 11.5 Å². The molecule has 2 aliphatic rings. The summed E-state index contributed by atoms with van der Waals surface area (Å²) in [6.07, 6.45) is 6.24. The molecule has 158 valence electrons. The van der Waals surface area contributed by atoms with Crippen LogP contribution in [0.25, 0.3) is 11.0 Å². The van der Waals surface area contributed by atoms with Crippen molar-refractivity contribution in [1.82, 2.24) is 19.4 Å². The summed E-state index contributed by atoms with van der Waals surface area (Å²) in [5, 5.41) is 29.5. The lowest BCUT2D eigenvalue weighted by molar-refractivity contribution is -0.00650. The van der Waals surface area contributed by atoms with Gasteiger partial charge in [0.05, 0.1) is 23.4 Å². The van der Waals surface area contributed by atoms with Gasteiger partial charge in [0, 0.05) is 31.1 Å². The van der Waals surface area contributed by atoms with Crippen LogP contribution in [0.1, 0.15) is 38.1 Å². The van der Waals surface area contributed by atoms with Gasteiger partial charge in [-0.1, -0.05) is 0 Å². The van der Waals surface area contributed by atoms with Gasteiger partial charge in [-0.15, -0.1) is 0 Å². The first-order chi connectivity index (χ1) is 13.8. The van der Waals surface area contributed by atoms with Gasteiger partial charge in [0.1, 0.15) is 23.9 Å². The second kappa shape index (κ2) is 7.89. The van der Waals surface area contributed by atoms with Crippen molar-refractivity contribution in [3.8, 4) is 0 Å². The molecule has 0 saturated heterocycles. The summed E-state index contributed by atoms with van der Waals surface area (Å²) in [4.78, 5) is 10.6. The highest BCUT2D eigenvalue weighted by atomic mass is 16.3. The molecule has 2 aliphatic carbocycles. The van der Waals surface area contributed by atoms with Gasteiger partial charge in [0.2, 0.25) is 0 Å². The number of amidine groups is 1. The van der Waals surface area contributed by atoms with E-state index in [9.17, 15) is 10.2 Å². The van der Waals surface area contributed by atoms with E-state index in [0.29, 0.717) is 36.3 Å². The summed E-state index contributed by atoms with van der Waals surface area (Å²) < 4.78 is 1.92. The number of anilines is 1. The van der Waals surface area contributed by atoms with Crippen molar-refractivity contribution in [1.29, 1.82) is 5.41 Å². The van der Waals surface area contributed by atoms with E-state index in [1.54, 1.807) is 0 Å². The van der Waals surface area contributed by atoms with Gasteiger partial charge >= 0.3 is 0 Å². The maximum Gasteiger partial charge on any atom is 0.145 e. The van der Waals surface area contributed by atoms with Gasteiger partial charge < -0.3 is 31.1 Å². The second-order valence-corrected chi connectivity index (χ2v) is 8.76. The van der Waals surface area contributed by atoms with Crippen LogP contribution in [0.2, 0.25) is 0 Å². The van der Waals surface area contributed by atoms with Crippen molar-refractivity contribution in [3.05, 3.63) is 18.6 Å². The number of fused-ring (bicyclic) bond motifs is 1. The highest BCUT2D eigenvalue weighted by Gasteiger charge is 2.44. The van der Waals surface area contributed by atoms with Crippen molar-refractivity contribution in [2.75, 3.05) is 19.3 Å². The first-order valence-corrected chi connectivity index (χ1v) is 10.3. The Kier molecular flexibility index (Phi) is 5.46. The molecule has 0 aliphatic heterocycles. The third-order valence-electron chi connectivity index (χ3n) is 6.85. The van der Waals surface area contributed by atoms with Gasteiger partial charge in [0.15, 0.2) is 0 Å². The minimum absolute atomic E-state index is 0.00657. The Balaban J connectivity index is 1.38. The molecule has 0 aromatic carbocycles. The molecule has 2 aromatic rings. The zero-order valence-electron chi connectivity index (χ0n) is 16.8. The van der Waals surface area contributed by atoms with E-state index in [0.717, 1.165) is 31.2 Å². The van der Waals surface area contributed by atoms with Gasteiger partial charge in [0.25, 0.3) is 0 Å². The maximum atomic E-state index is 10.7. The summed E-state index contributed by atoms with van der Waals surface area (Å²) in [6, 6.07) is 2.12. The number of nitrogens with two attached hydrogens (primary N) is 2. The standard InChI is InChI=1S/C20H31N7O2/c1-26(13-6-11(7-13)2-3-16(21)22)9-12-8-15(18(29)17(12)28)27-5-4-14-19(23)24-10-25-20(14)27/h4-5,10-13,15,17-18,28-29H,2-3,6-9H2,1H3,(H3,21,22)(H2,23,24,25). The fraction of sp³-hybridized carbons (Fsp3) is 0.650. The lowest BCUT2D eigenvalue weighted by atomic mass is 9.76. The normalized spacial score (nSPS) is 32.0. The van der Waals surface area contributed by atoms with Crippen LogP contribution in [-0.2, 0) is 0 Å². The number of hydrogen-bond acceptors (Lipinski definition) is 7. The number of rotatable bonds is 7. The topological polar surface area (TPSA) is 150 Å². The monoisotopic (exact) mass is 401 g/mol. The minimum atomic E-state index is -0.843. The quantitative estimate of drug-likeness (QED) is 0.339. The summed E-state index contributed by atoms with van der Waals surface area (Å²) in [5.41, 5.74) is 12.1. The van der Waals surface area contributed by atoms with Crippen molar-refractivity contribution in [2.45, 2.75) is 56.4 Å². The molecule has 4 rings (SSSR count). The average molecular weight is 402 g/mol. The molecule has 4 atom stereocenters. The van der Waals surface area contributed by atoms with Crippen LogP contribution in [0.3, 0.4) is 0 Å². The smallest absolute Gasteiger partial charge is 0.145 e. The molecule has 7 N–H and O–H groups in total. The van der Waals surface area contributed by atoms with E-state index in [4.69, 9.17) is 16.9 Å². The van der Waals surface area contributed by atoms with E-state index < -0.39 is 12.2 Å². The van der Waals surface area contributed by atoms with E-state index >= 15 is 0 Å². The van der Waals surface area contributed by atoms with E-state index in [2.05, 4.69) is 21.9 Å². The molecule has 0 radical (unpaired) electrons. The van der Waals surface area contributed by atoms with Gasteiger partial charge in [-0.2, -0.15) is 0 Å². The molecular weight excluding hydrogens is 370 g/mol. The van der Waals surface area contributed by atoms with E-state index in [1.165, 1.54) is 6.33 Å². The molecule has 0 spiro atoms. The molecule has 29 heavy (non-hydrogen) atoms. The number of hydrogen-bond donors (Lipinski definition) is 5. The van der Waals surface area contributed by atoms with E-state index in [1.807, 2.05) is 16.8 Å².